The smallest absolute Gasteiger partial charge is 0.160 e. The first-order valence-corrected chi connectivity index (χ1v) is 17.6. The molecule has 0 saturated carbocycles. The van der Waals surface area contributed by atoms with Crippen LogP contribution in [0.2, 0.25) is 0 Å². The molecule has 0 spiro atoms. The van der Waals surface area contributed by atoms with E-state index in [1.54, 1.807) is 0 Å². The first kappa shape index (κ1) is 31.2. The molecule has 0 unspecified atom stereocenters. The monoisotopic (exact) mass is 666 g/mol. The first-order valence-electron chi connectivity index (χ1n) is 17.6. The predicted molar refractivity (Wildman–Crippen MR) is 215 cm³/mol. The number of aryl methyl sites for hydroxylation is 2. The van der Waals surface area contributed by atoms with E-state index >= 15 is 0 Å². The van der Waals surface area contributed by atoms with Gasteiger partial charge in [0.1, 0.15) is 0 Å². The van der Waals surface area contributed by atoms with Gasteiger partial charge >= 0.3 is 0 Å². The van der Waals surface area contributed by atoms with Gasteiger partial charge in [-0.1, -0.05) is 152 Å². The normalized spacial score (nSPS) is 11.3. The maximum absolute atomic E-state index is 5.12. The molecule has 0 amide bonds. The molecule has 4 nitrogen and oxygen atoms in total. The number of nitrogens with zero attached hydrogens (tertiary/aromatic N) is 4. The Labute approximate surface area is 303 Å². The molecule has 6 aromatic carbocycles. The maximum atomic E-state index is 5.12. The average molecular weight is 667 g/mol. The summed E-state index contributed by atoms with van der Waals surface area (Å²) in [6, 6.07) is 59.2. The van der Waals surface area contributed by atoms with Crippen LogP contribution >= 0.6 is 0 Å². The summed E-state index contributed by atoms with van der Waals surface area (Å²) in [6.45, 7) is 4.17. The van der Waals surface area contributed by atoms with E-state index in [0.717, 1.165) is 78.0 Å². The predicted octanol–water partition coefficient (Wildman–Crippen LogP) is 12.2. The molecule has 0 atom stereocenters. The molecule has 9 rings (SSSR count). The molecular weight excluding hydrogens is 633 g/mol. The maximum Gasteiger partial charge on any atom is 0.160 e. The Hall–Kier alpha value is -6.78. The summed E-state index contributed by atoms with van der Waals surface area (Å²) in [7, 11) is 0. The van der Waals surface area contributed by atoms with Crippen molar-refractivity contribution in [2.24, 2.45) is 0 Å². The van der Waals surface area contributed by atoms with Gasteiger partial charge in [-0.05, 0) is 59.9 Å². The summed E-state index contributed by atoms with van der Waals surface area (Å²) >= 11 is 0. The highest BCUT2D eigenvalue weighted by Crippen LogP contribution is 2.33. The summed E-state index contributed by atoms with van der Waals surface area (Å²) in [5.41, 5.74) is 15.6. The largest absolute Gasteiger partial charge is 0.251 e. The zero-order valence-electron chi connectivity index (χ0n) is 29.0. The molecule has 9 aromatic rings. The first-order chi connectivity index (χ1) is 25.6. The highest BCUT2D eigenvalue weighted by Gasteiger charge is 2.13. The van der Waals surface area contributed by atoms with Crippen LogP contribution in [0.1, 0.15) is 11.3 Å². The lowest BCUT2D eigenvalue weighted by atomic mass is 9.99. The van der Waals surface area contributed by atoms with E-state index in [1.807, 2.05) is 37.3 Å². The summed E-state index contributed by atoms with van der Waals surface area (Å²) in [4.78, 5) is 20.1. The minimum absolute atomic E-state index is 0.695. The summed E-state index contributed by atoms with van der Waals surface area (Å²) in [5.74, 6) is 0.695. The quantitative estimate of drug-likeness (QED) is 0.166. The van der Waals surface area contributed by atoms with Crippen molar-refractivity contribution < 1.29 is 0 Å². The molecule has 0 N–H and O–H groups in total. The fourth-order valence-corrected chi connectivity index (χ4v) is 6.88. The molecule has 52 heavy (non-hydrogen) atoms. The van der Waals surface area contributed by atoms with Crippen molar-refractivity contribution in [3.63, 3.8) is 0 Å². The molecule has 246 valence electrons. The van der Waals surface area contributed by atoms with E-state index in [2.05, 4.69) is 146 Å². The summed E-state index contributed by atoms with van der Waals surface area (Å²) in [5, 5.41) is 2.24. The number of fused-ring (bicyclic) bond motifs is 3. The van der Waals surface area contributed by atoms with Crippen LogP contribution in [0.4, 0.5) is 0 Å². The van der Waals surface area contributed by atoms with E-state index in [1.165, 1.54) is 16.7 Å². The second kappa shape index (κ2) is 13.2. The topological polar surface area (TPSA) is 51.6 Å². The molecule has 0 radical (unpaired) electrons. The SMILES string of the molecule is Cc1ccc2ccc3c(C)cc(-c4ccc(-c5ccc(-c6nc(-c7ccccc7)cc(-c7ccc(-c8ccccc8)cc7)n6)cc5)cc4)nc3c2n1. The number of rotatable bonds is 6. The van der Waals surface area contributed by atoms with Crippen molar-refractivity contribution >= 4 is 21.8 Å². The second-order valence-corrected chi connectivity index (χ2v) is 13.2. The van der Waals surface area contributed by atoms with Crippen LogP contribution in [0.25, 0.3) is 89.2 Å². The van der Waals surface area contributed by atoms with Gasteiger partial charge < -0.3 is 0 Å². The lowest BCUT2D eigenvalue weighted by molar-refractivity contribution is 1.18. The number of hydrogen-bond donors (Lipinski definition) is 0. The van der Waals surface area contributed by atoms with Gasteiger partial charge in [0, 0.05) is 38.7 Å². The summed E-state index contributed by atoms with van der Waals surface area (Å²) in [6.07, 6.45) is 0. The lowest BCUT2D eigenvalue weighted by Crippen LogP contribution is -1.96. The Morgan fingerprint density at radius 3 is 1.35 bits per heavy atom. The summed E-state index contributed by atoms with van der Waals surface area (Å²) < 4.78 is 0. The van der Waals surface area contributed by atoms with Gasteiger partial charge in [-0.15, -0.1) is 0 Å². The van der Waals surface area contributed by atoms with Crippen molar-refractivity contribution in [2.45, 2.75) is 13.8 Å². The average Bonchev–Trinajstić information content (AvgIpc) is 3.21. The third-order valence-corrected chi connectivity index (χ3v) is 9.73. The minimum Gasteiger partial charge on any atom is -0.251 e. The highest BCUT2D eigenvalue weighted by atomic mass is 14.9. The van der Waals surface area contributed by atoms with Crippen LogP contribution in [0, 0.1) is 13.8 Å². The third-order valence-electron chi connectivity index (χ3n) is 9.73. The molecule has 0 aliphatic heterocycles. The van der Waals surface area contributed by atoms with E-state index in [9.17, 15) is 0 Å². The van der Waals surface area contributed by atoms with Crippen LogP contribution in [-0.2, 0) is 0 Å². The second-order valence-electron chi connectivity index (χ2n) is 13.2. The number of hydrogen-bond acceptors (Lipinski definition) is 4. The van der Waals surface area contributed by atoms with Gasteiger partial charge in [-0.2, -0.15) is 0 Å². The molecule has 0 saturated heterocycles. The van der Waals surface area contributed by atoms with Crippen molar-refractivity contribution in [1.29, 1.82) is 0 Å². The Balaban J connectivity index is 1.03. The zero-order chi connectivity index (χ0) is 35.0. The Morgan fingerprint density at radius 2 is 0.769 bits per heavy atom. The van der Waals surface area contributed by atoms with Crippen molar-refractivity contribution in [1.82, 2.24) is 19.9 Å². The molecule has 0 fully saturated rings. The van der Waals surface area contributed by atoms with Gasteiger partial charge in [0.2, 0.25) is 0 Å². The molecular formula is C48H34N4. The number of pyridine rings is 2. The van der Waals surface area contributed by atoms with Gasteiger partial charge in [0.05, 0.1) is 28.1 Å². The van der Waals surface area contributed by atoms with Gasteiger partial charge in [0.25, 0.3) is 0 Å². The Bertz CT molecular complexity index is 2700. The van der Waals surface area contributed by atoms with Crippen LogP contribution in [0.15, 0.2) is 170 Å². The van der Waals surface area contributed by atoms with Gasteiger partial charge in [-0.3, -0.25) is 4.98 Å². The molecule has 4 heteroatoms. The Morgan fingerprint density at radius 1 is 0.327 bits per heavy atom. The van der Waals surface area contributed by atoms with Crippen molar-refractivity contribution in [2.75, 3.05) is 0 Å². The fourth-order valence-electron chi connectivity index (χ4n) is 6.88. The fraction of sp³-hybridized carbons (Fsp3) is 0.0417. The molecule has 3 aromatic heterocycles. The molecule has 0 bridgehead atoms. The number of aromatic nitrogens is 4. The zero-order valence-corrected chi connectivity index (χ0v) is 29.0. The molecule has 0 aliphatic rings. The van der Waals surface area contributed by atoms with Crippen LogP contribution in [-0.4, -0.2) is 19.9 Å². The minimum atomic E-state index is 0.695. The van der Waals surface area contributed by atoms with Crippen molar-refractivity contribution in [3.05, 3.63) is 181 Å². The van der Waals surface area contributed by atoms with E-state index < -0.39 is 0 Å². The van der Waals surface area contributed by atoms with E-state index in [4.69, 9.17) is 19.9 Å². The third kappa shape index (κ3) is 6.01. The molecule has 3 heterocycles. The lowest BCUT2D eigenvalue weighted by Gasteiger charge is -2.11. The van der Waals surface area contributed by atoms with E-state index in [0.29, 0.717) is 5.82 Å². The van der Waals surface area contributed by atoms with E-state index in [-0.39, 0.29) is 0 Å². The van der Waals surface area contributed by atoms with Crippen LogP contribution < -0.4 is 0 Å². The standard InChI is InChI=1S/C48H34N4/c1-31-29-43(50-47-42(31)28-27-40-14-13-32(2)49-46(40)47)38-21-17-35(18-22-38)36-19-25-41(26-20-36)48-51-44(37-11-7-4-8-12-37)30-45(52-48)39-23-15-34(16-24-39)33-9-5-3-6-10-33/h3-30H,1-2H3. The Kier molecular flexibility index (Phi) is 7.90. The highest BCUT2D eigenvalue weighted by molar-refractivity contribution is 6.04. The molecule has 0 aliphatic carbocycles. The van der Waals surface area contributed by atoms with Crippen molar-refractivity contribution in [3.8, 4) is 67.4 Å². The number of benzene rings is 6. The van der Waals surface area contributed by atoms with Crippen LogP contribution in [0.3, 0.4) is 0 Å². The van der Waals surface area contributed by atoms with Crippen LogP contribution in [0.5, 0.6) is 0 Å². The van der Waals surface area contributed by atoms with Gasteiger partial charge in [0.15, 0.2) is 5.82 Å². The van der Waals surface area contributed by atoms with Gasteiger partial charge in [-0.25, -0.2) is 15.0 Å².